The fraction of sp³-hybridized carbons (Fsp3) is 0.520. The summed E-state index contributed by atoms with van der Waals surface area (Å²) in [7, 11) is -4.60. The molecule has 0 radical (unpaired) electrons. The Labute approximate surface area is 387 Å². The first-order chi connectivity index (χ1) is 31.5. The van der Waals surface area contributed by atoms with E-state index in [1.165, 1.54) is 60.9 Å². The summed E-state index contributed by atoms with van der Waals surface area (Å²) >= 11 is 0. The van der Waals surface area contributed by atoms with E-state index in [0.29, 0.717) is 55.0 Å². The van der Waals surface area contributed by atoms with Crippen LogP contribution in [0.1, 0.15) is 114 Å². The Morgan fingerprint density at radius 2 is 1.83 bits per heavy atom. The first-order valence-corrected chi connectivity index (χ1v) is 25.1. The predicted molar refractivity (Wildman–Crippen MR) is 253 cm³/mol. The lowest BCUT2D eigenvalue weighted by Crippen LogP contribution is -2.63. The molecule has 1 amide bonds. The van der Waals surface area contributed by atoms with Crippen molar-refractivity contribution >= 4 is 38.3 Å². The van der Waals surface area contributed by atoms with Gasteiger partial charge in [-0.15, -0.1) is 0 Å². The van der Waals surface area contributed by atoms with Gasteiger partial charge in [0, 0.05) is 51.0 Å². The van der Waals surface area contributed by atoms with Crippen molar-refractivity contribution in [3.63, 3.8) is 0 Å². The van der Waals surface area contributed by atoms with Crippen LogP contribution in [0.15, 0.2) is 83.5 Å². The number of pyridine rings is 1. The number of aliphatic hydroxyl groups is 1. The zero-order valence-corrected chi connectivity index (χ0v) is 39.3. The summed E-state index contributed by atoms with van der Waals surface area (Å²) in [6, 6.07) is 14.5. The van der Waals surface area contributed by atoms with Crippen LogP contribution in [0.4, 0.5) is 15.8 Å². The standard InChI is InChI=1S/C50H64FN7O7S/c1-5-42-46(27-40-41(51)29-53-47(40)54-42)65-30-35(48(59)55-66(63,64)36-15-16-43(45(26-36)58(61)62)52-28-34-17-19-49(4,60)20-18-34)10-9-23-56-24-21-50(22-25-56)31-57(32-50)44-14-8-13-39(44)38-12-7-6-11-37(38)33(2)3/h6-7,9-12,15-16,23,26-27,29,33-34,39,44,52,60H,5,8,13-14,17-22,24-25,28,30-32H2,1-4H3,(H,53,54)(H,55,59)/b23-9+,35-10+/t34-,39-,44-,49-/m1/s1. The Hall–Kier alpha value is -5.32. The molecule has 16 heteroatoms. The number of rotatable bonds is 16. The van der Waals surface area contributed by atoms with Crippen LogP contribution in [0.2, 0.25) is 0 Å². The summed E-state index contributed by atoms with van der Waals surface area (Å²) < 4.78 is 50.2. The second-order valence-electron chi connectivity index (χ2n) is 19.7. The van der Waals surface area contributed by atoms with Gasteiger partial charge in [-0.3, -0.25) is 19.8 Å². The number of hydrogen-bond donors (Lipinski definition) is 4. The Balaban J connectivity index is 0.941. The van der Waals surface area contributed by atoms with Gasteiger partial charge in [0.25, 0.3) is 21.6 Å². The third-order valence-electron chi connectivity index (χ3n) is 14.6. The molecule has 8 rings (SSSR count). The summed E-state index contributed by atoms with van der Waals surface area (Å²) in [4.78, 5) is 37.2. The highest BCUT2D eigenvalue weighted by atomic mass is 32.2. The number of aromatic nitrogens is 2. The summed E-state index contributed by atoms with van der Waals surface area (Å²) in [5.74, 6) is 0.00949. The maximum atomic E-state index is 14.6. The van der Waals surface area contributed by atoms with Crippen LogP contribution < -0.4 is 14.8 Å². The molecule has 14 nitrogen and oxygen atoms in total. The van der Waals surface area contributed by atoms with Crippen LogP contribution in [-0.4, -0.2) is 95.1 Å². The smallest absolute Gasteiger partial charge is 0.293 e. The predicted octanol–water partition coefficient (Wildman–Crippen LogP) is 8.71. The molecule has 2 saturated heterocycles. The molecule has 354 valence electrons. The largest absolute Gasteiger partial charge is 0.487 e. The van der Waals surface area contributed by atoms with Gasteiger partial charge in [0.05, 0.1) is 32.1 Å². The van der Waals surface area contributed by atoms with E-state index in [9.17, 15) is 32.8 Å². The number of carbonyl (C=O) groups excluding carboxylic acids is 1. The minimum atomic E-state index is -4.60. The average Bonchev–Trinajstić information content (AvgIpc) is 3.92. The van der Waals surface area contributed by atoms with Crippen molar-refractivity contribution in [1.29, 1.82) is 0 Å². The van der Waals surface area contributed by atoms with Gasteiger partial charge in [-0.05, 0) is 136 Å². The fourth-order valence-electron chi connectivity index (χ4n) is 10.7. The number of nitrogens with one attached hydrogen (secondary N) is 3. The summed E-state index contributed by atoms with van der Waals surface area (Å²) in [5, 5.41) is 25.8. The molecule has 1 spiro atoms. The Kier molecular flexibility index (Phi) is 13.9. The quantitative estimate of drug-likeness (QED) is 0.0365. The number of sulfonamides is 1. The van der Waals surface area contributed by atoms with Crippen LogP contribution in [0.5, 0.6) is 5.75 Å². The number of aryl methyl sites for hydroxylation is 1. The Morgan fingerprint density at radius 3 is 2.55 bits per heavy atom. The molecule has 2 aromatic heterocycles. The van der Waals surface area contributed by atoms with E-state index in [2.05, 4.69) is 67.9 Å². The van der Waals surface area contributed by atoms with Crippen molar-refractivity contribution in [1.82, 2.24) is 24.5 Å². The van der Waals surface area contributed by atoms with Gasteiger partial charge < -0.3 is 25.0 Å². The molecular formula is C50H64FN7O7S. The number of H-pyrrole nitrogens is 1. The zero-order valence-electron chi connectivity index (χ0n) is 38.5. The summed E-state index contributed by atoms with van der Waals surface area (Å²) in [6.07, 6.45) is 15.3. The maximum Gasteiger partial charge on any atom is 0.293 e. The number of piperidine rings is 1. The van der Waals surface area contributed by atoms with E-state index in [4.69, 9.17) is 4.74 Å². The highest BCUT2D eigenvalue weighted by Crippen LogP contribution is 2.48. The Morgan fingerprint density at radius 1 is 1.09 bits per heavy atom. The van der Waals surface area contributed by atoms with E-state index in [1.807, 2.05) is 13.1 Å². The van der Waals surface area contributed by atoms with E-state index < -0.39 is 42.9 Å². The molecular weight excluding hydrogens is 862 g/mol. The molecule has 0 unspecified atom stereocenters. The number of ether oxygens (including phenoxy) is 1. The number of aromatic amines is 1. The Bertz CT molecular complexity index is 2580. The normalized spacial score (nSPS) is 23.7. The first-order valence-electron chi connectivity index (χ1n) is 23.6. The number of benzene rings is 2. The van der Waals surface area contributed by atoms with E-state index >= 15 is 0 Å². The first kappa shape index (κ1) is 47.2. The molecule has 2 aliphatic carbocycles. The number of anilines is 1. The number of halogens is 1. The van der Waals surface area contributed by atoms with E-state index in [-0.39, 0.29) is 40.3 Å². The van der Waals surface area contributed by atoms with Crippen molar-refractivity contribution in [2.75, 3.05) is 44.6 Å². The molecule has 4 aliphatic rings. The molecule has 2 saturated carbocycles. The number of allylic oxidation sites excluding steroid dienone is 2. The molecule has 0 bridgehead atoms. The molecule has 2 aromatic carbocycles. The molecule has 4 N–H and O–H groups in total. The molecule has 66 heavy (non-hydrogen) atoms. The van der Waals surface area contributed by atoms with Crippen molar-refractivity contribution in [3.05, 3.63) is 111 Å². The number of nitrogens with zero attached hydrogens (tertiary/aromatic N) is 4. The van der Waals surface area contributed by atoms with Crippen molar-refractivity contribution in [2.45, 2.75) is 120 Å². The van der Waals surface area contributed by atoms with Gasteiger partial charge in [0.15, 0.2) is 0 Å². The van der Waals surface area contributed by atoms with Crippen LogP contribution in [0.25, 0.3) is 11.0 Å². The van der Waals surface area contributed by atoms with Gasteiger partial charge in [-0.2, -0.15) is 0 Å². The van der Waals surface area contributed by atoms with Crippen LogP contribution in [-0.2, 0) is 21.2 Å². The topological polar surface area (TPSA) is 183 Å². The minimum absolute atomic E-state index is 0.0426. The number of nitro groups is 1. The average molecular weight is 926 g/mol. The summed E-state index contributed by atoms with van der Waals surface area (Å²) in [6.45, 7) is 12.2. The van der Waals surface area contributed by atoms with Crippen LogP contribution in [0.3, 0.4) is 0 Å². The monoisotopic (exact) mass is 925 g/mol. The lowest BCUT2D eigenvalue weighted by molar-refractivity contribution is -0.384. The number of carbonyl (C=O) groups is 1. The van der Waals surface area contributed by atoms with E-state index in [0.717, 1.165) is 57.9 Å². The SMILES string of the molecule is CCc1nc2[nH]cc(F)c2cc1OC/C(=C\C=C\N1CCC2(CC1)CN([C@@H]1CCC[C@@H]1c1ccccc1C(C)C)C2)C(=O)NS(=O)(=O)c1ccc(NC[C@H]2CC[C@](C)(O)CC2)c([N+](=O)[O-])c1. The number of amides is 1. The third kappa shape index (κ3) is 10.5. The summed E-state index contributed by atoms with van der Waals surface area (Å²) in [5.41, 5.74) is 3.09. The third-order valence-corrected chi connectivity index (χ3v) is 16.0. The molecule has 4 aromatic rings. The van der Waals surface area contributed by atoms with E-state index in [1.54, 1.807) is 13.0 Å². The second kappa shape index (κ2) is 19.5. The highest BCUT2D eigenvalue weighted by Gasteiger charge is 2.49. The van der Waals surface area contributed by atoms with Crippen molar-refractivity contribution < 1.29 is 32.4 Å². The lowest BCUT2D eigenvalue weighted by atomic mass is 9.70. The lowest BCUT2D eigenvalue weighted by Gasteiger charge is -2.57. The molecule has 2 atom stereocenters. The van der Waals surface area contributed by atoms with Crippen molar-refractivity contribution in [2.24, 2.45) is 11.3 Å². The zero-order chi connectivity index (χ0) is 46.8. The number of likely N-dealkylation sites (tertiary alicyclic amines) is 2. The minimum Gasteiger partial charge on any atom is -0.487 e. The maximum absolute atomic E-state index is 14.6. The highest BCUT2D eigenvalue weighted by molar-refractivity contribution is 7.90. The second-order valence-corrected chi connectivity index (χ2v) is 21.3. The number of nitro benzene ring substituents is 1. The van der Waals surface area contributed by atoms with Crippen LogP contribution in [0, 0.1) is 27.3 Å². The number of fused-ring (bicyclic) bond motifs is 1. The van der Waals surface area contributed by atoms with Gasteiger partial charge in [-0.1, -0.05) is 51.5 Å². The van der Waals surface area contributed by atoms with Gasteiger partial charge in [-0.25, -0.2) is 22.5 Å². The van der Waals surface area contributed by atoms with Gasteiger partial charge in [0.1, 0.15) is 29.5 Å². The van der Waals surface area contributed by atoms with Crippen LogP contribution >= 0.6 is 0 Å². The van der Waals surface area contributed by atoms with Gasteiger partial charge >= 0.3 is 0 Å². The molecule has 2 aliphatic heterocycles. The molecule has 4 heterocycles. The van der Waals surface area contributed by atoms with Crippen molar-refractivity contribution in [3.8, 4) is 5.75 Å². The fourth-order valence-corrected chi connectivity index (χ4v) is 11.7. The molecule has 4 fully saturated rings. The number of hydrogen-bond acceptors (Lipinski definition) is 11. The van der Waals surface area contributed by atoms with Gasteiger partial charge in [0.2, 0.25) is 0 Å².